The summed E-state index contributed by atoms with van der Waals surface area (Å²) in [5.41, 5.74) is 1.93. The Balaban J connectivity index is 2.07. The molecule has 0 aliphatic carbocycles. The van der Waals surface area contributed by atoms with Crippen molar-refractivity contribution in [3.05, 3.63) is 69.7 Å². The second-order valence-electron chi connectivity index (χ2n) is 4.82. The van der Waals surface area contributed by atoms with Crippen LogP contribution < -0.4 is 0 Å². The summed E-state index contributed by atoms with van der Waals surface area (Å²) in [6.07, 6.45) is 1.29. The predicted molar refractivity (Wildman–Crippen MR) is 78.5 cm³/mol. The summed E-state index contributed by atoms with van der Waals surface area (Å²) < 4.78 is 26.6. The maximum atomic E-state index is 13.0. The van der Waals surface area contributed by atoms with Crippen LogP contribution in [-0.4, -0.2) is 11.7 Å². The summed E-state index contributed by atoms with van der Waals surface area (Å²) >= 11 is 3.33. The Labute approximate surface area is 125 Å². The molecule has 106 valence electrons. The lowest BCUT2D eigenvalue weighted by atomic mass is 9.93. The van der Waals surface area contributed by atoms with Crippen molar-refractivity contribution in [3.63, 3.8) is 0 Å². The van der Waals surface area contributed by atoms with Crippen molar-refractivity contribution < 1.29 is 13.9 Å². The average Bonchev–Trinajstić information content (AvgIpc) is 2.43. The zero-order chi connectivity index (χ0) is 14.5. The van der Waals surface area contributed by atoms with Gasteiger partial charge in [-0.1, -0.05) is 34.1 Å². The van der Waals surface area contributed by atoms with E-state index < -0.39 is 0 Å². The minimum Gasteiger partial charge on any atom is -0.396 e. The molecule has 4 heteroatoms. The highest BCUT2D eigenvalue weighted by molar-refractivity contribution is 9.10. The number of benzene rings is 2. The third-order valence-corrected chi connectivity index (χ3v) is 3.96. The van der Waals surface area contributed by atoms with Crippen LogP contribution in [0, 0.1) is 17.6 Å². The first kappa shape index (κ1) is 15.1. The molecule has 0 radical (unpaired) electrons. The SMILES string of the molecule is OCC(Cc1ccc(F)cc1)Cc1ccc(F)cc1Br. The molecule has 2 aromatic rings. The van der Waals surface area contributed by atoms with Gasteiger partial charge >= 0.3 is 0 Å². The Morgan fingerprint density at radius 2 is 1.60 bits per heavy atom. The molecule has 0 saturated heterocycles. The maximum absolute atomic E-state index is 13.0. The van der Waals surface area contributed by atoms with Crippen LogP contribution in [0.4, 0.5) is 8.78 Å². The minimum atomic E-state index is -0.292. The average molecular weight is 341 g/mol. The molecule has 0 bridgehead atoms. The van der Waals surface area contributed by atoms with E-state index in [4.69, 9.17) is 0 Å². The van der Waals surface area contributed by atoms with E-state index in [0.717, 1.165) is 11.1 Å². The monoisotopic (exact) mass is 340 g/mol. The third kappa shape index (κ3) is 4.12. The van der Waals surface area contributed by atoms with Crippen molar-refractivity contribution in [1.29, 1.82) is 0 Å². The van der Waals surface area contributed by atoms with Crippen LogP contribution in [0.3, 0.4) is 0 Å². The zero-order valence-corrected chi connectivity index (χ0v) is 12.4. The first-order valence-corrected chi connectivity index (χ1v) is 7.17. The second kappa shape index (κ2) is 6.95. The molecule has 1 unspecified atom stereocenters. The van der Waals surface area contributed by atoms with Crippen LogP contribution in [0.5, 0.6) is 0 Å². The van der Waals surface area contributed by atoms with Crippen molar-refractivity contribution in [3.8, 4) is 0 Å². The van der Waals surface area contributed by atoms with E-state index in [2.05, 4.69) is 15.9 Å². The number of hydrogen-bond acceptors (Lipinski definition) is 1. The lowest BCUT2D eigenvalue weighted by Crippen LogP contribution is -2.13. The molecule has 0 aliphatic heterocycles. The smallest absolute Gasteiger partial charge is 0.124 e. The van der Waals surface area contributed by atoms with Gasteiger partial charge in [0.25, 0.3) is 0 Å². The van der Waals surface area contributed by atoms with Crippen LogP contribution in [-0.2, 0) is 12.8 Å². The fraction of sp³-hybridized carbons (Fsp3) is 0.250. The van der Waals surface area contributed by atoms with Gasteiger partial charge in [-0.05, 0) is 54.2 Å². The van der Waals surface area contributed by atoms with E-state index >= 15 is 0 Å². The molecule has 2 aromatic carbocycles. The fourth-order valence-electron chi connectivity index (χ4n) is 2.15. The van der Waals surface area contributed by atoms with Gasteiger partial charge in [-0.3, -0.25) is 0 Å². The van der Waals surface area contributed by atoms with Gasteiger partial charge < -0.3 is 5.11 Å². The first-order chi connectivity index (χ1) is 9.58. The van der Waals surface area contributed by atoms with E-state index in [1.54, 1.807) is 18.2 Å². The molecule has 0 fully saturated rings. The summed E-state index contributed by atoms with van der Waals surface area (Å²) in [5, 5.41) is 9.49. The summed E-state index contributed by atoms with van der Waals surface area (Å²) in [4.78, 5) is 0. The van der Waals surface area contributed by atoms with Gasteiger partial charge in [0, 0.05) is 11.1 Å². The Kier molecular flexibility index (Phi) is 5.26. The lowest BCUT2D eigenvalue weighted by Gasteiger charge is -2.15. The topological polar surface area (TPSA) is 20.2 Å². The molecule has 2 rings (SSSR count). The van der Waals surface area contributed by atoms with Gasteiger partial charge in [0.2, 0.25) is 0 Å². The highest BCUT2D eigenvalue weighted by Crippen LogP contribution is 2.23. The van der Waals surface area contributed by atoms with Crippen molar-refractivity contribution in [1.82, 2.24) is 0 Å². The summed E-state index contributed by atoms with van der Waals surface area (Å²) in [5.74, 6) is -0.544. The Hall–Kier alpha value is -1.26. The third-order valence-electron chi connectivity index (χ3n) is 3.22. The molecule has 1 N–H and O–H groups in total. The number of halogens is 3. The molecule has 0 amide bonds. The summed E-state index contributed by atoms with van der Waals surface area (Å²) in [6, 6.07) is 10.8. The Morgan fingerprint density at radius 3 is 2.20 bits per heavy atom. The standard InChI is InChI=1S/C16H15BrF2O/c17-16-9-15(19)6-3-13(16)8-12(10-20)7-11-1-4-14(18)5-2-11/h1-6,9,12,20H,7-8,10H2. The van der Waals surface area contributed by atoms with Crippen LogP contribution in [0.25, 0.3) is 0 Å². The highest BCUT2D eigenvalue weighted by Gasteiger charge is 2.12. The van der Waals surface area contributed by atoms with Crippen molar-refractivity contribution >= 4 is 15.9 Å². The normalized spacial score (nSPS) is 12.4. The summed E-state index contributed by atoms with van der Waals surface area (Å²) in [7, 11) is 0. The van der Waals surface area contributed by atoms with E-state index in [0.29, 0.717) is 17.3 Å². The molecule has 20 heavy (non-hydrogen) atoms. The molecule has 1 nitrogen and oxygen atoms in total. The van der Waals surface area contributed by atoms with Gasteiger partial charge in [-0.2, -0.15) is 0 Å². The largest absolute Gasteiger partial charge is 0.396 e. The van der Waals surface area contributed by atoms with Crippen molar-refractivity contribution in [2.45, 2.75) is 12.8 Å². The maximum Gasteiger partial charge on any atom is 0.124 e. The molecular weight excluding hydrogens is 326 g/mol. The van der Waals surface area contributed by atoms with E-state index in [-0.39, 0.29) is 24.2 Å². The van der Waals surface area contributed by atoms with Crippen LogP contribution >= 0.6 is 15.9 Å². The van der Waals surface area contributed by atoms with Crippen LogP contribution in [0.15, 0.2) is 46.9 Å². The van der Waals surface area contributed by atoms with Gasteiger partial charge in [0.05, 0.1) is 0 Å². The van der Waals surface area contributed by atoms with E-state index in [9.17, 15) is 13.9 Å². The number of rotatable bonds is 5. The molecule has 0 heterocycles. The van der Waals surface area contributed by atoms with Crippen molar-refractivity contribution in [2.75, 3.05) is 6.61 Å². The molecular formula is C16H15BrF2O. The minimum absolute atomic E-state index is 0.0159. The van der Waals surface area contributed by atoms with Crippen LogP contribution in [0.2, 0.25) is 0 Å². The number of hydrogen-bond donors (Lipinski definition) is 1. The Bertz CT molecular complexity index is 569. The highest BCUT2D eigenvalue weighted by atomic mass is 79.9. The lowest BCUT2D eigenvalue weighted by molar-refractivity contribution is 0.225. The quantitative estimate of drug-likeness (QED) is 0.867. The summed E-state index contributed by atoms with van der Waals surface area (Å²) in [6.45, 7) is 0.0290. The fourth-order valence-corrected chi connectivity index (χ4v) is 2.67. The molecule has 0 aromatic heterocycles. The van der Waals surface area contributed by atoms with Gasteiger partial charge in [0.15, 0.2) is 0 Å². The molecule has 0 spiro atoms. The van der Waals surface area contributed by atoms with Gasteiger partial charge in [-0.15, -0.1) is 0 Å². The van der Waals surface area contributed by atoms with Gasteiger partial charge in [-0.25, -0.2) is 8.78 Å². The zero-order valence-electron chi connectivity index (χ0n) is 10.8. The van der Waals surface area contributed by atoms with E-state index in [1.807, 2.05) is 0 Å². The first-order valence-electron chi connectivity index (χ1n) is 6.37. The van der Waals surface area contributed by atoms with Crippen LogP contribution in [0.1, 0.15) is 11.1 Å². The predicted octanol–water partition coefficient (Wildman–Crippen LogP) is 4.12. The molecule has 0 aliphatic rings. The number of aliphatic hydroxyl groups excluding tert-OH is 1. The van der Waals surface area contributed by atoms with Gasteiger partial charge in [0.1, 0.15) is 11.6 Å². The second-order valence-corrected chi connectivity index (χ2v) is 5.67. The Morgan fingerprint density at radius 1 is 0.950 bits per heavy atom. The molecule has 0 saturated carbocycles. The van der Waals surface area contributed by atoms with E-state index in [1.165, 1.54) is 24.3 Å². The molecule has 1 atom stereocenters. The van der Waals surface area contributed by atoms with Crippen molar-refractivity contribution in [2.24, 2.45) is 5.92 Å². The number of aliphatic hydroxyl groups is 1.